The molecule has 0 N–H and O–H groups in total. The lowest BCUT2D eigenvalue weighted by molar-refractivity contribution is 0.101. The van der Waals surface area contributed by atoms with Crippen molar-refractivity contribution in [2.75, 3.05) is 0 Å². The summed E-state index contributed by atoms with van der Waals surface area (Å²) in [6, 6.07) is 10.0. The van der Waals surface area contributed by atoms with E-state index in [1.165, 1.54) is 6.07 Å². The molecule has 3 rings (SSSR count). The monoisotopic (exact) mass is 292 g/mol. The molecule has 2 nitrogen and oxygen atoms in total. The Hall–Kier alpha value is -2.20. The molecule has 1 heterocycles. The minimum Gasteiger partial charge on any atom is -0.453 e. The Balaban J connectivity index is 2.10. The maximum atomic E-state index is 13.7. The molecule has 0 unspecified atom stereocenters. The lowest BCUT2D eigenvalue weighted by Gasteiger charge is -2.01. The minimum absolute atomic E-state index is 0.0492. The first-order valence-corrected chi connectivity index (χ1v) is 6.12. The molecule has 1 aromatic heterocycles. The molecule has 0 aliphatic heterocycles. The van der Waals surface area contributed by atoms with E-state index in [0.29, 0.717) is 11.0 Å². The van der Waals surface area contributed by atoms with Gasteiger partial charge in [0.25, 0.3) is 0 Å². The molecule has 0 saturated carbocycles. The second-order valence-electron chi connectivity index (χ2n) is 4.22. The molecule has 3 aromatic rings. The van der Waals surface area contributed by atoms with Gasteiger partial charge in [0.2, 0.25) is 5.78 Å². The number of carbonyl (C=O) groups excluding carboxylic acids is 1. The molecular formula is C15H7ClF2O2. The van der Waals surface area contributed by atoms with Crippen molar-refractivity contribution in [3.05, 3.63) is 70.4 Å². The molecule has 0 radical (unpaired) electrons. The average Bonchev–Trinajstić information content (AvgIpc) is 2.86. The Morgan fingerprint density at radius 3 is 2.55 bits per heavy atom. The van der Waals surface area contributed by atoms with E-state index in [-0.39, 0.29) is 10.8 Å². The number of para-hydroxylation sites is 1. The van der Waals surface area contributed by atoms with Gasteiger partial charge in [-0.25, -0.2) is 8.78 Å². The molecule has 0 amide bonds. The van der Waals surface area contributed by atoms with Crippen LogP contribution < -0.4 is 0 Å². The number of ketones is 1. The zero-order valence-electron chi connectivity index (χ0n) is 9.99. The van der Waals surface area contributed by atoms with Crippen LogP contribution in [0.2, 0.25) is 5.02 Å². The van der Waals surface area contributed by atoms with Gasteiger partial charge in [-0.2, -0.15) is 0 Å². The molecule has 0 spiro atoms. The number of carbonyl (C=O) groups is 1. The van der Waals surface area contributed by atoms with E-state index in [9.17, 15) is 13.6 Å². The van der Waals surface area contributed by atoms with Crippen molar-refractivity contribution in [1.82, 2.24) is 0 Å². The van der Waals surface area contributed by atoms with E-state index in [0.717, 1.165) is 12.1 Å². The quantitative estimate of drug-likeness (QED) is 0.510. The summed E-state index contributed by atoms with van der Waals surface area (Å²) < 4.78 is 32.4. The molecule has 20 heavy (non-hydrogen) atoms. The first-order chi connectivity index (χ1) is 9.56. The predicted molar refractivity (Wildman–Crippen MR) is 71.0 cm³/mol. The molecule has 0 fully saturated rings. The minimum atomic E-state index is -0.887. The Kier molecular flexibility index (Phi) is 3.03. The Labute approximate surface area is 117 Å². The molecule has 0 aliphatic carbocycles. The van der Waals surface area contributed by atoms with Crippen molar-refractivity contribution in [3.63, 3.8) is 0 Å². The van der Waals surface area contributed by atoms with E-state index >= 15 is 0 Å². The van der Waals surface area contributed by atoms with Gasteiger partial charge in [-0.15, -0.1) is 0 Å². The van der Waals surface area contributed by atoms with E-state index in [1.54, 1.807) is 24.3 Å². The lowest BCUT2D eigenvalue weighted by atomic mass is 10.1. The molecule has 0 aliphatic rings. The van der Waals surface area contributed by atoms with Crippen molar-refractivity contribution in [2.45, 2.75) is 0 Å². The Bertz CT molecular complexity index is 791. The van der Waals surface area contributed by atoms with E-state index in [2.05, 4.69) is 0 Å². The molecule has 0 bridgehead atoms. The van der Waals surface area contributed by atoms with Gasteiger partial charge in [0, 0.05) is 5.39 Å². The molecule has 0 saturated heterocycles. The first kappa shape index (κ1) is 12.8. The highest BCUT2D eigenvalue weighted by Gasteiger charge is 2.20. The highest BCUT2D eigenvalue weighted by atomic mass is 35.5. The average molecular weight is 293 g/mol. The SMILES string of the molecule is O=C(c1cc2ccccc2o1)c1cc(F)c(Cl)cc1F. The second kappa shape index (κ2) is 4.72. The van der Waals surface area contributed by atoms with E-state index in [1.807, 2.05) is 0 Å². The highest BCUT2D eigenvalue weighted by molar-refractivity contribution is 6.30. The fourth-order valence-electron chi connectivity index (χ4n) is 1.92. The van der Waals surface area contributed by atoms with Gasteiger partial charge < -0.3 is 4.42 Å². The van der Waals surface area contributed by atoms with Gasteiger partial charge in [-0.05, 0) is 24.3 Å². The van der Waals surface area contributed by atoms with E-state index < -0.39 is 23.0 Å². The van der Waals surface area contributed by atoms with Crippen LogP contribution in [-0.2, 0) is 0 Å². The smallest absolute Gasteiger partial charge is 0.231 e. The summed E-state index contributed by atoms with van der Waals surface area (Å²) in [7, 11) is 0. The normalized spacial score (nSPS) is 10.9. The number of fused-ring (bicyclic) bond motifs is 1. The predicted octanol–water partition coefficient (Wildman–Crippen LogP) is 4.60. The van der Waals surface area contributed by atoms with Crippen LogP contribution in [0.1, 0.15) is 16.1 Å². The summed E-state index contributed by atoms with van der Waals surface area (Å²) >= 11 is 5.45. The van der Waals surface area contributed by atoms with Crippen LogP contribution >= 0.6 is 11.6 Å². The van der Waals surface area contributed by atoms with Gasteiger partial charge in [-0.3, -0.25) is 4.79 Å². The summed E-state index contributed by atoms with van der Waals surface area (Å²) in [4.78, 5) is 12.2. The number of hydrogen-bond donors (Lipinski definition) is 0. The van der Waals surface area contributed by atoms with Crippen LogP contribution in [0.15, 0.2) is 46.9 Å². The fourth-order valence-corrected chi connectivity index (χ4v) is 2.07. The molecule has 2 aromatic carbocycles. The standard InChI is InChI=1S/C15H7ClF2O2/c16-10-7-11(17)9(6-12(10)18)15(19)14-5-8-3-1-2-4-13(8)20-14/h1-7H. The second-order valence-corrected chi connectivity index (χ2v) is 4.63. The summed E-state index contributed by atoms with van der Waals surface area (Å²) in [5, 5.41) is 0.342. The fraction of sp³-hybridized carbons (Fsp3) is 0. The zero-order valence-corrected chi connectivity index (χ0v) is 10.7. The van der Waals surface area contributed by atoms with Gasteiger partial charge in [0.05, 0.1) is 10.6 Å². The number of rotatable bonds is 2. The third-order valence-corrected chi connectivity index (χ3v) is 3.19. The van der Waals surface area contributed by atoms with Crippen molar-refractivity contribution < 1.29 is 18.0 Å². The van der Waals surface area contributed by atoms with Crippen LogP contribution in [0.3, 0.4) is 0 Å². The summed E-state index contributed by atoms with van der Waals surface area (Å²) in [5.74, 6) is -2.52. The lowest BCUT2D eigenvalue weighted by Crippen LogP contribution is -2.04. The maximum Gasteiger partial charge on any atom is 0.231 e. The number of furan rings is 1. The van der Waals surface area contributed by atoms with Gasteiger partial charge in [-0.1, -0.05) is 29.8 Å². The topological polar surface area (TPSA) is 30.2 Å². The van der Waals surface area contributed by atoms with E-state index in [4.69, 9.17) is 16.0 Å². The van der Waals surface area contributed by atoms with Crippen LogP contribution in [0.25, 0.3) is 11.0 Å². The Morgan fingerprint density at radius 1 is 1.05 bits per heavy atom. The van der Waals surface area contributed by atoms with Crippen LogP contribution in [-0.4, -0.2) is 5.78 Å². The summed E-state index contributed by atoms with van der Waals surface area (Å²) in [6.07, 6.45) is 0. The van der Waals surface area contributed by atoms with Gasteiger partial charge >= 0.3 is 0 Å². The number of hydrogen-bond acceptors (Lipinski definition) is 2. The summed E-state index contributed by atoms with van der Waals surface area (Å²) in [6.45, 7) is 0. The third kappa shape index (κ3) is 2.08. The highest BCUT2D eigenvalue weighted by Crippen LogP contribution is 2.25. The zero-order chi connectivity index (χ0) is 14.3. The van der Waals surface area contributed by atoms with Crippen molar-refractivity contribution in [3.8, 4) is 0 Å². The first-order valence-electron chi connectivity index (χ1n) is 5.74. The molecular weight excluding hydrogens is 286 g/mol. The molecule has 0 atom stereocenters. The number of halogens is 3. The van der Waals surface area contributed by atoms with Gasteiger partial charge in [0.1, 0.15) is 17.2 Å². The van der Waals surface area contributed by atoms with Crippen LogP contribution in [0, 0.1) is 11.6 Å². The van der Waals surface area contributed by atoms with Crippen molar-refractivity contribution in [2.24, 2.45) is 0 Å². The summed E-state index contributed by atoms with van der Waals surface area (Å²) in [5.41, 5.74) is 0.0941. The van der Waals surface area contributed by atoms with Crippen LogP contribution in [0.5, 0.6) is 0 Å². The molecule has 100 valence electrons. The van der Waals surface area contributed by atoms with Gasteiger partial charge in [0.15, 0.2) is 5.76 Å². The number of benzene rings is 2. The van der Waals surface area contributed by atoms with Crippen molar-refractivity contribution in [1.29, 1.82) is 0 Å². The molecule has 5 heteroatoms. The Morgan fingerprint density at radius 2 is 1.80 bits per heavy atom. The van der Waals surface area contributed by atoms with Crippen molar-refractivity contribution >= 4 is 28.4 Å². The third-order valence-electron chi connectivity index (χ3n) is 2.90. The maximum absolute atomic E-state index is 13.7. The largest absolute Gasteiger partial charge is 0.453 e. The van der Waals surface area contributed by atoms with Crippen LogP contribution in [0.4, 0.5) is 8.78 Å².